The van der Waals surface area contributed by atoms with Crippen LogP contribution in [0.3, 0.4) is 0 Å². The van der Waals surface area contributed by atoms with Crippen LogP contribution in [0.25, 0.3) is 0 Å². The molecule has 0 aliphatic carbocycles. The van der Waals surface area contributed by atoms with Crippen LogP contribution in [-0.4, -0.2) is 34.4 Å². The minimum atomic E-state index is 0.0742. The first-order valence-corrected chi connectivity index (χ1v) is 9.37. The molecule has 4 heteroatoms. The van der Waals surface area contributed by atoms with Gasteiger partial charge in [0.15, 0.2) is 5.78 Å². The van der Waals surface area contributed by atoms with Crippen LogP contribution in [-0.2, 0) is 0 Å². The van der Waals surface area contributed by atoms with E-state index in [4.69, 9.17) is 4.74 Å². The van der Waals surface area contributed by atoms with Gasteiger partial charge < -0.3 is 4.74 Å². The second-order valence-corrected chi connectivity index (χ2v) is 7.41. The standard InChI is InChI=1S/C16H22O2S2/c1-3-9-18-13-8-6-5-7-12(13)15(17)16-14(4-2)19-10-11-20-16/h5-8,14,16H,3-4,9-11H2,1-2H3. The lowest BCUT2D eigenvalue weighted by Gasteiger charge is -2.29. The van der Waals surface area contributed by atoms with Crippen LogP contribution < -0.4 is 4.74 Å². The molecule has 0 amide bonds. The van der Waals surface area contributed by atoms with E-state index in [1.54, 1.807) is 11.8 Å². The molecule has 1 aliphatic heterocycles. The Balaban J connectivity index is 2.19. The van der Waals surface area contributed by atoms with Gasteiger partial charge in [0, 0.05) is 16.8 Å². The lowest BCUT2D eigenvalue weighted by atomic mass is 10.0. The molecule has 0 spiro atoms. The van der Waals surface area contributed by atoms with Crippen molar-refractivity contribution in [2.24, 2.45) is 0 Å². The van der Waals surface area contributed by atoms with Gasteiger partial charge in [0.05, 0.1) is 17.4 Å². The zero-order valence-electron chi connectivity index (χ0n) is 12.1. The molecule has 1 aromatic rings. The highest BCUT2D eigenvalue weighted by molar-refractivity contribution is 8.07. The Morgan fingerprint density at radius 3 is 2.75 bits per heavy atom. The summed E-state index contributed by atoms with van der Waals surface area (Å²) in [4.78, 5) is 12.8. The Kier molecular flexibility index (Phi) is 6.30. The highest BCUT2D eigenvalue weighted by atomic mass is 32.2. The molecule has 1 aliphatic rings. The van der Waals surface area contributed by atoms with Crippen LogP contribution >= 0.6 is 23.5 Å². The fourth-order valence-corrected chi connectivity index (χ4v) is 5.32. The maximum absolute atomic E-state index is 12.8. The number of hydrogen-bond donors (Lipinski definition) is 0. The third-order valence-electron chi connectivity index (χ3n) is 3.33. The lowest BCUT2D eigenvalue weighted by molar-refractivity contribution is 0.0984. The van der Waals surface area contributed by atoms with E-state index in [0.717, 1.165) is 35.7 Å². The van der Waals surface area contributed by atoms with Gasteiger partial charge >= 0.3 is 0 Å². The van der Waals surface area contributed by atoms with E-state index in [1.165, 1.54) is 0 Å². The van der Waals surface area contributed by atoms with Crippen molar-refractivity contribution >= 4 is 29.3 Å². The van der Waals surface area contributed by atoms with E-state index in [9.17, 15) is 4.79 Å². The summed E-state index contributed by atoms with van der Waals surface area (Å²) >= 11 is 3.74. The summed E-state index contributed by atoms with van der Waals surface area (Å²) in [7, 11) is 0. The summed E-state index contributed by atoms with van der Waals surface area (Å²) in [6.07, 6.45) is 2.00. The molecule has 20 heavy (non-hydrogen) atoms. The summed E-state index contributed by atoms with van der Waals surface area (Å²) < 4.78 is 5.73. The molecule has 0 bridgehead atoms. The van der Waals surface area contributed by atoms with Crippen LogP contribution in [0.15, 0.2) is 24.3 Å². The van der Waals surface area contributed by atoms with Crippen molar-refractivity contribution in [1.82, 2.24) is 0 Å². The van der Waals surface area contributed by atoms with Crippen molar-refractivity contribution in [2.75, 3.05) is 18.1 Å². The van der Waals surface area contributed by atoms with Gasteiger partial charge in [0.25, 0.3) is 0 Å². The summed E-state index contributed by atoms with van der Waals surface area (Å²) in [5.74, 6) is 3.20. The van der Waals surface area contributed by atoms with E-state index in [2.05, 4.69) is 13.8 Å². The van der Waals surface area contributed by atoms with Crippen LogP contribution in [0.2, 0.25) is 0 Å². The van der Waals surface area contributed by atoms with E-state index in [0.29, 0.717) is 11.9 Å². The topological polar surface area (TPSA) is 26.3 Å². The fraction of sp³-hybridized carbons (Fsp3) is 0.562. The van der Waals surface area contributed by atoms with Crippen LogP contribution in [0.5, 0.6) is 5.75 Å². The summed E-state index contributed by atoms with van der Waals surface area (Å²) in [6, 6.07) is 7.67. The van der Waals surface area contributed by atoms with E-state index < -0.39 is 0 Å². The van der Waals surface area contributed by atoms with Gasteiger partial charge in [-0.2, -0.15) is 11.8 Å². The van der Waals surface area contributed by atoms with Gasteiger partial charge in [-0.25, -0.2) is 0 Å². The highest BCUT2D eigenvalue weighted by Crippen LogP contribution is 2.36. The maximum Gasteiger partial charge on any atom is 0.180 e. The zero-order chi connectivity index (χ0) is 14.4. The minimum Gasteiger partial charge on any atom is -0.493 e. The first-order chi connectivity index (χ1) is 9.77. The van der Waals surface area contributed by atoms with Gasteiger partial charge in [0.2, 0.25) is 0 Å². The van der Waals surface area contributed by atoms with Gasteiger partial charge in [-0.15, -0.1) is 11.8 Å². The SMILES string of the molecule is CCCOc1ccccc1C(=O)C1SCCSC1CC. The van der Waals surface area contributed by atoms with E-state index >= 15 is 0 Å². The molecule has 0 N–H and O–H groups in total. The third kappa shape index (κ3) is 3.73. The Morgan fingerprint density at radius 1 is 1.25 bits per heavy atom. The number of benzene rings is 1. The largest absolute Gasteiger partial charge is 0.493 e. The number of carbonyl (C=O) groups is 1. The number of carbonyl (C=O) groups excluding carboxylic acids is 1. The van der Waals surface area contributed by atoms with Crippen LogP contribution in [0.4, 0.5) is 0 Å². The summed E-state index contributed by atoms with van der Waals surface area (Å²) in [5, 5.41) is 0.505. The molecular weight excluding hydrogens is 288 g/mol. The number of ketones is 1. The fourth-order valence-electron chi connectivity index (χ4n) is 2.31. The van der Waals surface area contributed by atoms with Gasteiger partial charge in [0.1, 0.15) is 5.75 Å². The predicted molar refractivity (Wildman–Crippen MR) is 89.3 cm³/mol. The second kappa shape index (κ2) is 7.99. The van der Waals surface area contributed by atoms with Crippen molar-refractivity contribution in [2.45, 2.75) is 37.2 Å². The number of Topliss-reactive ketones (excluding diaryl/α,β-unsaturated/α-hetero) is 1. The number of hydrogen-bond acceptors (Lipinski definition) is 4. The molecule has 2 rings (SSSR count). The first-order valence-electron chi connectivity index (χ1n) is 7.27. The first kappa shape index (κ1) is 15.8. The predicted octanol–water partition coefficient (Wildman–Crippen LogP) is 4.29. The van der Waals surface area contributed by atoms with Gasteiger partial charge in [-0.05, 0) is 25.0 Å². The number of ether oxygens (including phenoxy) is 1. The zero-order valence-corrected chi connectivity index (χ0v) is 13.8. The Bertz CT molecular complexity index is 448. The normalized spacial score (nSPS) is 22.5. The molecule has 2 nitrogen and oxygen atoms in total. The number of para-hydroxylation sites is 1. The molecule has 2 atom stereocenters. The second-order valence-electron chi connectivity index (χ2n) is 4.82. The minimum absolute atomic E-state index is 0.0742. The van der Waals surface area contributed by atoms with Crippen molar-refractivity contribution in [3.05, 3.63) is 29.8 Å². The number of thioether (sulfide) groups is 2. The highest BCUT2D eigenvalue weighted by Gasteiger charge is 2.32. The van der Waals surface area contributed by atoms with Crippen molar-refractivity contribution in [3.8, 4) is 5.75 Å². The molecule has 110 valence electrons. The lowest BCUT2D eigenvalue weighted by Crippen LogP contribution is -2.33. The van der Waals surface area contributed by atoms with E-state index in [1.807, 2.05) is 36.0 Å². The Morgan fingerprint density at radius 2 is 2.00 bits per heavy atom. The molecule has 1 aromatic carbocycles. The van der Waals surface area contributed by atoms with Gasteiger partial charge in [-0.3, -0.25) is 4.79 Å². The van der Waals surface area contributed by atoms with E-state index in [-0.39, 0.29) is 11.0 Å². The monoisotopic (exact) mass is 310 g/mol. The molecule has 1 heterocycles. The van der Waals surface area contributed by atoms with Crippen molar-refractivity contribution in [3.63, 3.8) is 0 Å². The average molecular weight is 310 g/mol. The summed E-state index contributed by atoms with van der Waals surface area (Å²) in [6.45, 7) is 4.91. The smallest absolute Gasteiger partial charge is 0.180 e. The molecule has 0 aromatic heterocycles. The molecule has 0 radical (unpaired) electrons. The summed E-state index contributed by atoms with van der Waals surface area (Å²) in [5.41, 5.74) is 0.749. The number of rotatable bonds is 6. The molecule has 0 saturated carbocycles. The Hall–Kier alpha value is -0.610. The maximum atomic E-state index is 12.8. The van der Waals surface area contributed by atoms with Crippen LogP contribution in [0, 0.1) is 0 Å². The van der Waals surface area contributed by atoms with Crippen LogP contribution in [0.1, 0.15) is 37.0 Å². The third-order valence-corrected chi connectivity index (χ3v) is 6.57. The molecule has 1 fully saturated rings. The van der Waals surface area contributed by atoms with Crippen molar-refractivity contribution in [1.29, 1.82) is 0 Å². The average Bonchev–Trinajstić information content (AvgIpc) is 2.52. The Labute approximate surface area is 130 Å². The van der Waals surface area contributed by atoms with Crippen molar-refractivity contribution < 1.29 is 9.53 Å². The van der Waals surface area contributed by atoms with Gasteiger partial charge in [-0.1, -0.05) is 26.0 Å². The quantitative estimate of drug-likeness (QED) is 0.732. The molecular formula is C16H22O2S2. The molecule has 2 unspecified atom stereocenters. The molecule has 1 saturated heterocycles.